The molecule has 6 N–H and O–H groups in total. The van der Waals surface area contributed by atoms with Crippen molar-refractivity contribution in [3.8, 4) is 0 Å². The molecular weight excluding hydrogens is 548 g/mol. The quantitative estimate of drug-likeness (QED) is 0.205. The molecule has 1 aliphatic rings. The maximum atomic E-state index is 13.3. The number of carbonyl (C=O) groups excluding carboxylic acids is 1. The highest BCUT2D eigenvalue weighted by atomic mass is 19.1. The van der Waals surface area contributed by atoms with E-state index in [0.717, 1.165) is 12.1 Å². The fraction of sp³-hybridized carbons (Fsp3) is 0.200. The molecule has 0 unspecified atom stereocenters. The van der Waals surface area contributed by atoms with E-state index in [2.05, 4.69) is 5.32 Å². The fourth-order valence-electron chi connectivity index (χ4n) is 3.87. The molecule has 0 spiro atoms. The summed E-state index contributed by atoms with van der Waals surface area (Å²) >= 11 is 0. The molecule has 0 aromatic heterocycles. The van der Waals surface area contributed by atoms with Gasteiger partial charge in [0.05, 0.1) is 19.6 Å². The maximum absolute atomic E-state index is 13.3. The van der Waals surface area contributed by atoms with Crippen LogP contribution in [-0.2, 0) is 38.7 Å². The van der Waals surface area contributed by atoms with Gasteiger partial charge in [-0.1, -0.05) is 18.2 Å². The smallest absolute Gasteiger partial charge is 0.481 e. The number of halogens is 3. The summed E-state index contributed by atoms with van der Waals surface area (Å²) in [6.45, 7) is -0.275. The van der Waals surface area contributed by atoms with Gasteiger partial charge in [-0.15, -0.1) is 0 Å². The summed E-state index contributed by atoms with van der Waals surface area (Å²) in [4.78, 5) is 21.6. The minimum absolute atomic E-state index is 0.0360. The van der Waals surface area contributed by atoms with E-state index >= 15 is 0 Å². The Morgan fingerprint density at radius 2 is 1.29 bits per heavy atom. The van der Waals surface area contributed by atoms with E-state index in [1.807, 2.05) is 0 Å². The van der Waals surface area contributed by atoms with Crippen LogP contribution in [0.4, 0.5) is 13.2 Å². The number of carbonyl (C=O) groups is 2. The summed E-state index contributed by atoms with van der Waals surface area (Å²) in [6.07, 6.45) is -0.460. The van der Waals surface area contributed by atoms with E-state index in [1.54, 1.807) is 0 Å². The third-order valence-electron chi connectivity index (χ3n) is 5.96. The first kappa shape index (κ1) is 31.9. The number of rotatable bonds is 6. The van der Waals surface area contributed by atoms with E-state index in [4.69, 9.17) is 24.5 Å². The molecule has 16 heteroatoms. The predicted molar refractivity (Wildman–Crippen MR) is 143 cm³/mol. The topological polar surface area (TPSA) is 166 Å². The van der Waals surface area contributed by atoms with Crippen molar-refractivity contribution in [3.63, 3.8) is 0 Å². The van der Waals surface area contributed by atoms with Crippen LogP contribution in [0.5, 0.6) is 0 Å². The lowest BCUT2D eigenvalue weighted by atomic mass is 9.73. The van der Waals surface area contributed by atoms with Crippen molar-refractivity contribution < 1.29 is 57.3 Å². The van der Waals surface area contributed by atoms with Crippen LogP contribution in [0.1, 0.15) is 29.5 Å². The summed E-state index contributed by atoms with van der Waals surface area (Å²) < 4.78 is 50.2. The van der Waals surface area contributed by atoms with Gasteiger partial charge >= 0.3 is 27.3 Å². The number of carboxylic acids is 1. The Labute approximate surface area is 233 Å². The summed E-state index contributed by atoms with van der Waals surface area (Å²) in [5.74, 6) is -3.15. The van der Waals surface area contributed by atoms with Gasteiger partial charge in [0.1, 0.15) is 17.5 Å². The van der Waals surface area contributed by atoms with Crippen LogP contribution in [0.15, 0.2) is 54.6 Å². The predicted octanol–water partition coefficient (Wildman–Crippen LogP) is -0.927. The van der Waals surface area contributed by atoms with Crippen LogP contribution >= 0.6 is 0 Å². The zero-order valence-corrected chi connectivity index (χ0v) is 21.5. The summed E-state index contributed by atoms with van der Waals surface area (Å²) in [5.41, 5.74) is 1.73. The number of fused-ring (bicyclic) bond motifs is 2. The number of benzene rings is 3. The van der Waals surface area contributed by atoms with Gasteiger partial charge in [-0.25, -0.2) is 13.2 Å². The number of carboxylic acid groups (broad SMARTS) is 1. The second kappa shape index (κ2) is 14.8. The second-order valence-electron chi connectivity index (χ2n) is 8.90. The van der Waals surface area contributed by atoms with E-state index < -0.39 is 50.7 Å². The van der Waals surface area contributed by atoms with E-state index in [-0.39, 0.29) is 38.1 Å². The van der Waals surface area contributed by atoms with Crippen LogP contribution < -0.4 is 21.7 Å². The average molecular weight is 573 g/mol. The Hall–Kier alpha value is -3.66. The first-order valence-corrected chi connectivity index (χ1v) is 12.2. The van der Waals surface area contributed by atoms with Gasteiger partial charge < -0.3 is 39.8 Å². The van der Waals surface area contributed by atoms with Crippen LogP contribution in [0.2, 0.25) is 0 Å². The minimum Gasteiger partial charge on any atom is -0.481 e. The summed E-state index contributed by atoms with van der Waals surface area (Å²) in [6, 6.07) is 11.0. The molecule has 3 aromatic carbocycles. The SMILES string of the molecule is O=C(O)CCC(=O)NCc1ccc(F)cc1B(O)O.OB1OCc2cc(F)ccc2B(O)OCc2cc(F)ccc21. The van der Waals surface area contributed by atoms with Gasteiger partial charge in [-0.2, -0.15) is 0 Å². The molecule has 41 heavy (non-hydrogen) atoms. The van der Waals surface area contributed by atoms with Crippen molar-refractivity contribution >= 4 is 49.6 Å². The minimum atomic E-state index is -1.85. The number of nitrogens with one attached hydrogen (secondary N) is 1. The van der Waals surface area contributed by atoms with Crippen molar-refractivity contribution in [2.45, 2.75) is 32.6 Å². The standard InChI is InChI=1S/C14H12B2F2O4.C11H13BFNO5/c17-11-1-3-13-9(5-11)7-22-16(20)14-4-2-12(18)6-10(14)8-21-15(13)19;13-8-2-1-7(9(5-8)12(18)19)6-14-10(15)3-4-11(16)17/h1-6,19-20H,7-8H2;1-2,5,18-19H,3-4,6H2,(H,14,15)(H,16,17). The molecule has 1 heterocycles. The molecule has 1 aliphatic heterocycles. The zero-order chi connectivity index (χ0) is 30.1. The second-order valence-corrected chi connectivity index (χ2v) is 8.90. The highest BCUT2D eigenvalue weighted by Gasteiger charge is 2.27. The number of aliphatic carboxylic acids is 1. The van der Waals surface area contributed by atoms with Crippen LogP contribution in [0, 0.1) is 17.5 Å². The Kier molecular flexibility index (Phi) is 11.5. The molecule has 0 aliphatic carbocycles. The number of hydrogen-bond donors (Lipinski definition) is 6. The average Bonchev–Trinajstić information content (AvgIpc) is 2.92. The highest BCUT2D eigenvalue weighted by Crippen LogP contribution is 2.11. The van der Waals surface area contributed by atoms with Gasteiger partial charge in [0, 0.05) is 13.0 Å². The maximum Gasteiger partial charge on any atom is 0.491 e. The van der Waals surface area contributed by atoms with Crippen LogP contribution in [0.3, 0.4) is 0 Å². The number of hydrogen-bond acceptors (Lipinski definition) is 8. The van der Waals surface area contributed by atoms with Gasteiger partial charge in [0.15, 0.2) is 0 Å². The molecule has 1 amide bonds. The van der Waals surface area contributed by atoms with Crippen molar-refractivity contribution in [1.29, 1.82) is 0 Å². The molecule has 0 bridgehead atoms. The molecule has 10 nitrogen and oxygen atoms in total. The zero-order valence-electron chi connectivity index (χ0n) is 21.5. The molecule has 4 rings (SSSR count). The van der Waals surface area contributed by atoms with Crippen LogP contribution in [-0.4, -0.2) is 58.4 Å². The molecule has 3 aromatic rings. The van der Waals surface area contributed by atoms with Gasteiger partial charge in [-0.05, 0) is 69.5 Å². The lowest BCUT2D eigenvalue weighted by molar-refractivity contribution is -0.138. The highest BCUT2D eigenvalue weighted by molar-refractivity contribution is 6.62. The Morgan fingerprint density at radius 1 is 0.805 bits per heavy atom. The Bertz CT molecular complexity index is 1320. The lowest BCUT2D eigenvalue weighted by Gasteiger charge is -2.19. The van der Waals surface area contributed by atoms with E-state index in [9.17, 15) is 32.8 Å². The Morgan fingerprint density at radius 3 is 1.78 bits per heavy atom. The van der Waals surface area contributed by atoms with E-state index in [1.165, 1.54) is 42.5 Å². The first-order chi connectivity index (χ1) is 19.4. The molecule has 0 saturated heterocycles. The molecule has 0 radical (unpaired) electrons. The van der Waals surface area contributed by atoms with Crippen molar-refractivity contribution in [2.75, 3.05) is 0 Å². The first-order valence-electron chi connectivity index (χ1n) is 12.2. The van der Waals surface area contributed by atoms with Crippen molar-refractivity contribution in [1.82, 2.24) is 5.32 Å². The summed E-state index contributed by atoms with van der Waals surface area (Å²) in [7, 11) is -4.45. The lowest BCUT2D eigenvalue weighted by Crippen LogP contribution is -2.42. The summed E-state index contributed by atoms with van der Waals surface area (Å²) in [5, 5.41) is 49.1. The van der Waals surface area contributed by atoms with E-state index in [0.29, 0.717) is 27.6 Å². The fourth-order valence-corrected chi connectivity index (χ4v) is 3.87. The molecule has 214 valence electrons. The largest absolute Gasteiger partial charge is 0.491 e. The Balaban J connectivity index is 0.000000229. The molecule has 0 atom stereocenters. The normalized spacial score (nSPS) is 12.9. The third-order valence-corrected chi connectivity index (χ3v) is 5.96. The molecule has 0 fully saturated rings. The molecule has 0 saturated carbocycles. The molecular formula is C25H25B3F3NO9. The third kappa shape index (κ3) is 9.45. The van der Waals surface area contributed by atoms with Gasteiger partial charge in [0.25, 0.3) is 0 Å². The van der Waals surface area contributed by atoms with Crippen molar-refractivity contribution in [2.24, 2.45) is 0 Å². The van der Waals surface area contributed by atoms with Crippen molar-refractivity contribution in [3.05, 3.63) is 88.7 Å². The number of amides is 1. The van der Waals surface area contributed by atoms with Crippen LogP contribution in [0.25, 0.3) is 0 Å². The van der Waals surface area contributed by atoms with Gasteiger partial charge in [-0.3, -0.25) is 9.59 Å². The monoisotopic (exact) mass is 573 g/mol. The van der Waals surface area contributed by atoms with Gasteiger partial charge in [0.2, 0.25) is 5.91 Å².